The van der Waals surface area contributed by atoms with E-state index in [4.69, 9.17) is 10.00 Å². The summed E-state index contributed by atoms with van der Waals surface area (Å²) >= 11 is 0. The van der Waals surface area contributed by atoms with E-state index in [0.717, 1.165) is 0 Å². The highest BCUT2D eigenvalue weighted by molar-refractivity contribution is 5.98. The van der Waals surface area contributed by atoms with Gasteiger partial charge in [0.15, 0.2) is 5.78 Å². The molecule has 1 rings (SSSR count). The van der Waals surface area contributed by atoms with E-state index in [-0.39, 0.29) is 24.4 Å². The van der Waals surface area contributed by atoms with Gasteiger partial charge in [-0.3, -0.25) is 4.79 Å². The number of hydrogen-bond acceptors (Lipinski definition) is 4. The Balaban J connectivity index is 2.89. The van der Waals surface area contributed by atoms with Crippen LogP contribution in [-0.4, -0.2) is 18.7 Å². The predicted octanol–water partition coefficient (Wildman–Crippen LogP) is 2.12. The Morgan fingerprint density at radius 1 is 1.35 bits per heavy atom. The second-order valence-electron chi connectivity index (χ2n) is 3.65. The number of benzene rings is 1. The summed E-state index contributed by atoms with van der Waals surface area (Å²) in [5, 5.41) is 8.88. The first kappa shape index (κ1) is 12.9. The van der Waals surface area contributed by atoms with Crippen molar-refractivity contribution in [3.63, 3.8) is 0 Å². The quantitative estimate of drug-likeness (QED) is 0.728. The molecule has 1 aromatic carbocycles. The minimum Gasteiger partial charge on any atom is -0.495 e. The lowest BCUT2D eigenvalue weighted by atomic mass is 10.0. The van der Waals surface area contributed by atoms with Crippen LogP contribution in [0.15, 0.2) is 18.2 Å². The maximum atomic E-state index is 11.7. The van der Waals surface area contributed by atoms with Gasteiger partial charge >= 0.3 is 0 Å². The Hall–Kier alpha value is -2.15. The predicted molar refractivity (Wildman–Crippen MR) is 62.0 cm³/mol. The summed E-state index contributed by atoms with van der Waals surface area (Å²) in [6, 6.07) is 6.63. The average molecular weight is 231 g/mol. The zero-order chi connectivity index (χ0) is 12.8. The van der Waals surface area contributed by atoms with Gasteiger partial charge < -0.3 is 9.53 Å². The number of ketones is 2. The molecule has 0 atom stereocenters. The Kier molecular flexibility index (Phi) is 4.41. The fourth-order valence-corrected chi connectivity index (χ4v) is 1.40. The largest absolute Gasteiger partial charge is 0.495 e. The summed E-state index contributed by atoms with van der Waals surface area (Å²) < 4.78 is 4.98. The smallest absolute Gasteiger partial charge is 0.163 e. The Labute approximate surface area is 99.8 Å². The maximum absolute atomic E-state index is 11.7. The number of carbonyl (C=O) groups excluding carboxylic acids is 2. The number of hydrogen-bond donors (Lipinski definition) is 0. The van der Waals surface area contributed by atoms with Crippen molar-refractivity contribution in [2.45, 2.75) is 19.8 Å². The molecule has 0 fully saturated rings. The first-order valence-electron chi connectivity index (χ1n) is 5.19. The van der Waals surface area contributed by atoms with Crippen LogP contribution in [0.1, 0.15) is 35.7 Å². The average Bonchev–Trinajstić information content (AvgIpc) is 2.34. The van der Waals surface area contributed by atoms with Crippen molar-refractivity contribution in [3.8, 4) is 11.8 Å². The fourth-order valence-electron chi connectivity index (χ4n) is 1.40. The summed E-state index contributed by atoms with van der Waals surface area (Å²) in [6.07, 6.45) is 0.402. The van der Waals surface area contributed by atoms with Crippen LogP contribution in [0, 0.1) is 11.3 Å². The Morgan fingerprint density at radius 2 is 2.06 bits per heavy atom. The van der Waals surface area contributed by atoms with Crippen molar-refractivity contribution in [1.29, 1.82) is 5.26 Å². The van der Waals surface area contributed by atoms with E-state index in [1.807, 2.05) is 6.07 Å². The lowest BCUT2D eigenvalue weighted by Gasteiger charge is -2.04. The molecule has 0 N–H and O–H groups in total. The third kappa shape index (κ3) is 3.42. The third-order valence-electron chi connectivity index (χ3n) is 2.35. The lowest BCUT2D eigenvalue weighted by Crippen LogP contribution is -2.03. The molecule has 0 amide bonds. The molecule has 0 saturated carbocycles. The van der Waals surface area contributed by atoms with Crippen molar-refractivity contribution in [3.05, 3.63) is 29.3 Å². The molecule has 88 valence electrons. The van der Waals surface area contributed by atoms with Crippen LogP contribution in [0.2, 0.25) is 0 Å². The minimum atomic E-state index is -0.139. The van der Waals surface area contributed by atoms with Gasteiger partial charge in [-0.25, -0.2) is 0 Å². The number of methoxy groups -OCH3 is 1. The van der Waals surface area contributed by atoms with E-state index >= 15 is 0 Å². The molecule has 0 aromatic heterocycles. The normalized spacial score (nSPS) is 9.47. The van der Waals surface area contributed by atoms with E-state index < -0.39 is 0 Å². The molecule has 0 saturated heterocycles. The van der Waals surface area contributed by atoms with Crippen LogP contribution in [0.5, 0.6) is 5.75 Å². The molecule has 0 spiro atoms. The van der Waals surface area contributed by atoms with Crippen LogP contribution >= 0.6 is 0 Å². The molecule has 0 radical (unpaired) electrons. The number of rotatable bonds is 5. The van der Waals surface area contributed by atoms with Gasteiger partial charge in [-0.2, -0.15) is 5.26 Å². The number of carbonyl (C=O) groups is 2. The maximum Gasteiger partial charge on any atom is 0.163 e. The molecule has 4 nitrogen and oxygen atoms in total. The summed E-state index contributed by atoms with van der Waals surface area (Å²) in [4.78, 5) is 22.5. The monoisotopic (exact) mass is 231 g/mol. The molecule has 0 bridgehead atoms. The molecule has 4 heteroatoms. The highest BCUT2D eigenvalue weighted by atomic mass is 16.5. The van der Waals surface area contributed by atoms with Gasteiger partial charge in [0.2, 0.25) is 0 Å². The van der Waals surface area contributed by atoms with E-state index in [2.05, 4.69) is 0 Å². The Bertz CT molecular complexity index is 486. The van der Waals surface area contributed by atoms with Gasteiger partial charge in [0.05, 0.1) is 12.7 Å². The molecule has 1 aromatic rings. The lowest BCUT2D eigenvalue weighted by molar-refractivity contribution is -0.116. The molecule has 17 heavy (non-hydrogen) atoms. The van der Waals surface area contributed by atoms with E-state index in [0.29, 0.717) is 16.9 Å². The zero-order valence-corrected chi connectivity index (χ0v) is 9.82. The molecular formula is C13H13NO3. The van der Waals surface area contributed by atoms with Crippen molar-refractivity contribution < 1.29 is 14.3 Å². The molecule has 0 aliphatic rings. The standard InChI is InChI=1S/C13H13NO3/c1-9(15)3-5-12(16)10-4-6-13(17-2)11(7-10)8-14/h4,6-7H,3,5H2,1-2H3. The van der Waals surface area contributed by atoms with Crippen LogP contribution in [0.4, 0.5) is 0 Å². The van der Waals surface area contributed by atoms with E-state index in [9.17, 15) is 9.59 Å². The fraction of sp³-hybridized carbons (Fsp3) is 0.308. The van der Waals surface area contributed by atoms with Crippen molar-refractivity contribution in [1.82, 2.24) is 0 Å². The summed E-state index contributed by atoms with van der Waals surface area (Å²) in [6.45, 7) is 1.45. The van der Waals surface area contributed by atoms with E-state index in [1.54, 1.807) is 12.1 Å². The summed E-state index contributed by atoms with van der Waals surface area (Å²) in [5.41, 5.74) is 0.754. The SMILES string of the molecule is COc1ccc(C(=O)CCC(C)=O)cc1C#N. The molecule has 0 unspecified atom stereocenters. The highest BCUT2D eigenvalue weighted by Gasteiger charge is 2.10. The van der Waals surface area contributed by atoms with E-state index in [1.165, 1.54) is 20.1 Å². The second-order valence-corrected chi connectivity index (χ2v) is 3.65. The minimum absolute atomic E-state index is 0.0210. The molecule has 0 aliphatic heterocycles. The number of Topliss-reactive ketones (excluding diaryl/α,β-unsaturated/α-hetero) is 2. The summed E-state index contributed by atoms with van der Waals surface area (Å²) in [5.74, 6) is 0.280. The van der Waals surface area contributed by atoms with Gasteiger partial charge in [-0.05, 0) is 25.1 Å². The van der Waals surface area contributed by atoms with Crippen molar-refractivity contribution >= 4 is 11.6 Å². The Morgan fingerprint density at radius 3 is 2.59 bits per heavy atom. The third-order valence-corrected chi connectivity index (χ3v) is 2.35. The number of ether oxygens (including phenoxy) is 1. The summed E-state index contributed by atoms with van der Waals surface area (Å²) in [7, 11) is 1.47. The second kappa shape index (κ2) is 5.80. The van der Waals surface area contributed by atoms with Crippen LogP contribution < -0.4 is 4.74 Å². The molecule has 0 heterocycles. The van der Waals surface area contributed by atoms with Gasteiger partial charge in [0, 0.05) is 18.4 Å². The van der Waals surface area contributed by atoms with Crippen LogP contribution in [0.25, 0.3) is 0 Å². The first-order valence-corrected chi connectivity index (χ1v) is 5.19. The molecular weight excluding hydrogens is 218 g/mol. The van der Waals surface area contributed by atoms with Crippen molar-refractivity contribution in [2.75, 3.05) is 7.11 Å². The van der Waals surface area contributed by atoms with Gasteiger partial charge in [-0.1, -0.05) is 0 Å². The number of nitrogens with zero attached hydrogens (tertiary/aromatic N) is 1. The van der Waals surface area contributed by atoms with Crippen LogP contribution in [-0.2, 0) is 4.79 Å². The molecule has 0 aliphatic carbocycles. The van der Waals surface area contributed by atoms with Crippen LogP contribution in [0.3, 0.4) is 0 Å². The highest BCUT2D eigenvalue weighted by Crippen LogP contribution is 2.19. The zero-order valence-electron chi connectivity index (χ0n) is 9.82. The number of nitriles is 1. The topological polar surface area (TPSA) is 67.2 Å². The first-order chi connectivity index (χ1) is 8.08. The van der Waals surface area contributed by atoms with Crippen molar-refractivity contribution in [2.24, 2.45) is 0 Å². The van der Waals surface area contributed by atoms with Gasteiger partial charge in [0.25, 0.3) is 0 Å². The van der Waals surface area contributed by atoms with Gasteiger partial charge in [0.1, 0.15) is 17.6 Å². The van der Waals surface area contributed by atoms with Gasteiger partial charge in [-0.15, -0.1) is 0 Å².